The zero-order valence-electron chi connectivity index (χ0n) is 40.2. The number of amidine groups is 2. The fraction of sp³-hybridized carbons (Fsp3) is 0.468. The quantitative estimate of drug-likeness (QED) is 0.00749. The summed E-state index contributed by atoms with van der Waals surface area (Å²) in [5, 5.41) is 43.4. The number of halogens is 4. The predicted octanol–water partition coefficient (Wildman–Crippen LogP) is 6.53. The van der Waals surface area contributed by atoms with Crippen LogP contribution in [0.1, 0.15) is 69.1 Å². The van der Waals surface area contributed by atoms with Crippen molar-refractivity contribution in [2.24, 2.45) is 0 Å². The molecule has 10 N–H and O–H groups in total. The molecule has 3 rings (SSSR count). The second kappa shape index (κ2) is 41.2. The number of rotatable bonds is 35. The van der Waals surface area contributed by atoms with Crippen LogP contribution in [0.15, 0.2) is 91.0 Å². The van der Waals surface area contributed by atoms with E-state index in [-0.39, 0.29) is 88.0 Å². The molecule has 0 aliphatic heterocycles. The number of amides is 1. The van der Waals surface area contributed by atoms with Crippen LogP contribution < -0.4 is 36.8 Å². The lowest BCUT2D eigenvalue weighted by Gasteiger charge is -2.29. The summed E-state index contributed by atoms with van der Waals surface area (Å²) < 4.78 is 32.4. The molecule has 0 heterocycles. The molecule has 0 saturated heterocycles. The molecule has 0 aliphatic carbocycles. The minimum Gasteiger partial charge on any atom is -0.460 e. The normalized spacial score (nSPS) is 12.4. The Morgan fingerprint density at radius 2 is 1.01 bits per heavy atom. The number of benzene rings is 3. The topological polar surface area (TPSA) is 269 Å². The van der Waals surface area contributed by atoms with Crippen LogP contribution in [0.5, 0.6) is 0 Å². The molecule has 0 radical (unpaired) electrons. The largest absolute Gasteiger partial charge is 0.460 e. The van der Waals surface area contributed by atoms with Crippen molar-refractivity contribution < 1.29 is 38.0 Å². The summed E-state index contributed by atoms with van der Waals surface area (Å²) in [6.07, 6.45) is 3.36. The highest BCUT2D eigenvalue weighted by Gasteiger charge is 2.35. The van der Waals surface area contributed by atoms with Crippen molar-refractivity contribution in [3.8, 4) is 0 Å². The lowest BCUT2D eigenvalue weighted by molar-refractivity contribution is -0.148. The Morgan fingerprint density at radius 1 is 0.606 bits per heavy atom. The van der Waals surface area contributed by atoms with Crippen LogP contribution in [0.25, 0.3) is 0 Å². The third-order valence-electron chi connectivity index (χ3n) is 9.78. The van der Waals surface area contributed by atoms with E-state index in [0.29, 0.717) is 69.3 Å². The number of nitrogens with one attached hydrogen (secondary N) is 10. The van der Waals surface area contributed by atoms with Gasteiger partial charge in [0.25, 0.3) is 0 Å². The van der Waals surface area contributed by atoms with Gasteiger partial charge >= 0.3 is 17.9 Å². The van der Waals surface area contributed by atoms with Crippen molar-refractivity contribution in [1.82, 2.24) is 36.8 Å². The molecule has 0 spiro atoms. The van der Waals surface area contributed by atoms with E-state index in [1.807, 2.05) is 91.0 Å². The summed E-state index contributed by atoms with van der Waals surface area (Å²) in [4.78, 5) is 54.6. The van der Waals surface area contributed by atoms with E-state index in [2.05, 4.69) is 36.8 Å². The molecule has 398 valence electrons. The predicted molar refractivity (Wildman–Crippen MR) is 293 cm³/mol. The molecule has 0 aliphatic rings. The first-order valence-corrected chi connectivity index (χ1v) is 25.5. The number of unbranched alkanes of at least 4 members (excludes halogenated alkanes) is 2. The van der Waals surface area contributed by atoms with Gasteiger partial charge in [0, 0.05) is 43.9 Å². The van der Waals surface area contributed by atoms with Crippen LogP contribution >= 0.6 is 68.8 Å². The van der Waals surface area contributed by atoms with E-state index >= 15 is 4.57 Å². The average Bonchev–Trinajstić information content (AvgIpc) is 3.32. The Labute approximate surface area is 447 Å². The maximum Gasteiger partial charge on any atom is 0.329 e. The molecular formula is C47H73Cl4N10O8PS. The van der Waals surface area contributed by atoms with Gasteiger partial charge in [-0.25, -0.2) is 15.0 Å². The summed E-state index contributed by atoms with van der Waals surface area (Å²) in [6.45, 7) is 4.77. The summed E-state index contributed by atoms with van der Waals surface area (Å²) in [6, 6.07) is 24.2. The molecule has 71 heavy (non-hydrogen) atoms. The number of esters is 3. The van der Waals surface area contributed by atoms with Crippen LogP contribution in [-0.2, 0) is 57.8 Å². The van der Waals surface area contributed by atoms with Gasteiger partial charge in [-0.3, -0.25) is 35.1 Å². The van der Waals surface area contributed by atoms with Crippen LogP contribution in [-0.4, -0.2) is 110 Å². The zero-order chi connectivity index (χ0) is 48.5. The van der Waals surface area contributed by atoms with Gasteiger partial charge in [-0.15, -0.1) is 49.6 Å². The molecular weight excluding hydrogens is 1040 g/mol. The molecule has 0 saturated carbocycles. The van der Waals surface area contributed by atoms with Crippen molar-refractivity contribution in [3.05, 3.63) is 108 Å². The van der Waals surface area contributed by atoms with E-state index in [9.17, 15) is 19.2 Å². The van der Waals surface area contributed by atoms with Crippen molar-refractivity contribution in [1.29, 1.82) is 16.2 Å². The Balaban J connectivity index is 0. The number of carbonyl (C=O) groups is 4. The molecule has 3 atom stereocenters. The second-order valence-electron chi connectivity index (χ2n) is 15.7. The minimum absolute atomic E-state index is 0. The summed E-state index contributed by atoms with van der Waals surface area (Å²) in [5.74, 6) is -1.14. The van der Waals surface area contributed by atoms with Crippen molar-refractivity contribution >= 4 is 111 Å². The number of hydrogen-bond acceptors (Lipinski definition) is 14. The molecule has 3 aromatic carbocycles. The van der Waals surface area contributed by atoms with Crippen LogP contribution in [0, 0.1) is 16.2 Å². The van der Waals surface area contributed by atoms with Gasteiger partial charge in [0.2, 0.25) is 13.4 Å². The Bertz CT molecular complexity index is 1940. The molecule has 24 heteroatoms. The van der Waals surface area contributed by atoms with E-state index in [0.717, 1.165) is 16.7 Å². The highest BCUT2D eigenvalue weighted by molar-refractivity contribution is 7.99. The maximum atomic E-state index is 15.3. The molecule has 18 nitrogen and oxygen atoms in total. The van der Waals surface area contributed by atoms with Gasteiger partial charge in [0.15, 0.2) is 0 Å². The van der Waals surface area contributed by atoms with E-state index in [1.54, 1.807) is 13.8 Å². The smallest absolute Gasteiger partial charge is 0.329 e. The number of thioether (sulfide) groups is 1. The second-order valence-corrected chi connectivity index (χ2v) is 19.1. The highest BCUT2D eigenvalue weighted by Crippen LogP contribution is 2.38. The monoisotopic (exact) mass is 1110 g/mol. The summed E-state index contributed by atoms with van der Waals surface area (Å²) >= 11 is 1.42. The van der Waals surface area contributed by atoms with Crippen LogP contribution in [0.3, 0.4) is 0 Å². The van der Waals surface area contributed by atoms with Crippen LogP contribution in [0.2, 0.25) is 0 Å². The van der Waals surface area contributed by atoms with Crippen LogP contribution in [0.4, 0.5) is 0 Å². The average molecular weight is 1110 g/mol. The molecule has 3 unspecified atom stereocenters. The SMILES string of the molecule is CC(=N)NCCCCC(NP(=O)(CNCC(=O)NC(CSCCNCC=N)C(=O)OCc1ccccc1)NC(CCCCNC(C)=N)C(=O)OCc1ccccc1)C(=O)OCc1ccccc1.Cl.Cl.Cl.Cl. The molecule has 0 fully saturated rings. The Kier molecular flexibility index (Phi) is 40.0. The Morgan fingerprint density at radius 3 is 1.41 bits per heavy atom. The number of hydrogen-bond donors (Lipinski definition) is 10. The Hall–Kier alpha value is -4.27. The number of ether oxygens (including phenoxy) is 3. The summed E-state index contributed by atoms with van der Waals surface area (Å²) in [5.41, 5.74) is 2.29. The van der Waals surface area contributed by atoms with Gasteiger partial charge < -0.3 is 40.9 Å². The fourth-order valence-electron chi connectivity index (χ4n) is 6.35. The lowest BCUT2D eigenvalue weighted by atomic mass is 10.1. The fourth-order valence-corrected chi connectivity index (χ4v) is 9.42. The molecule has 0 bridgehead atoms. The third-order valence-corrected chi connectivity index (χ3v) is 13.0. The number of carbonyl (C=O) groups excluding carboxylic acids is 4. The van der Waals surface area contributed by atoms with Crippen molar-refractivity contribution in [2.45, 2.75) is 90.3 Å². The van der Waals surface area contributed by atoms with E-state index in [4.69, 9.17) is 30.4 Å². The van der Waals surface area contributed by atoms with E-state index in [1.165, 1.54) is 18.0 Å². The lowest BCUT2D eigenvalue weighted by Crippen LogP contribution is -2.49. The van der Waals surface area contributed by atoms with Gasteiger partial charge in [-0.2, -0.15) is 11.8 Å². The molecule has 3 aromatic rings. The molecule has 0 aromatic heterocycles. The van der Waals surface area contributed by atoms with E-state index < -0.39 is 62.2 Å². The van der Waals surface area contributed by atoms with Crippen molar-refractivity contribution in [3.63, 3.8) is 0 Å². The maximum absolute atomic E-state index is 15.3. The third kappa shape index (κ3) is 31.7. The minimum atomic E-state index is -4.07. The standard InChI is InChI=1S/C47H69N10O8PS.4ClH/c1-36(49)53-25-14-12-22-41(45(59)63-31-38-16-6-3-7-17-38)56-66(62,57-42(23-13-15-26-54-37(2)50)46(60)64-32-39-18-8-4-9-19-39)35-52-30-44(58)55-43(34-67-29-28-51-27-24-48)47(61)65-33-40-20-10-5-11-21-40;;;;/h3-11,16-21,24,41-43,48,51-52H,12-15,22-23,25-35H2,1-2H3,(H2,49,53)(H2,50,54)(H,55,58)(H2,56,57,62);4*1H. The highest BCUT2D eigenvalue weighted by atomic mass is 35.5. The van der Waals surface area contributed by atoms with Gasteiger partial charge in [-0.05, 0) is 69.1 Å². The van der Waals surface area contributed by atoms with Gasteiger partial charge in [-0.1, -0.05) is 91.0 Å². The van der Waals surface area contributed by atoms with Gasteiger partial charge in [0.05, 0.1) is 24.5 Å². The molecule has 1 amide bonds. The van der Waals surface area contributed by atoms with Crippen molar-refractivity contribution in [2.75, 3.05) is 50.5 Å². The first kappa shape index (κ1) is 68.8. The zero-order valence-corrected chi connectivity index (χ0v) is 45.2. The first-order valence-electron chi connectivity index (χ1n) is 22.5. The van der Waals surface area contributed by atoms with Gasteiger partial charge in [0.1, 0.15) is 37.9 Å². The summed E-state index contributed by atoms with van der Waals surface area (Å²) in [7, 11) is -4.07. The first-order chi connectivity index (χ1) is 32.4.